The van der Waals surface area contributed by atoms with E-state index in [1.54, 1.807) is 6.20 Å². The van der Waals surface area contributed by atoms with Crippen LogP contribution in [0.1, 0.15) is 19.2 Å². The Balaban J connectivity index is 2.03. The average molecular weight is 327 g/mol. The lowest BCUT2D eigenvalue weighted by molar-refractivity contribution is 0.492. The van der Waals surface area contributed by atoms with E-state index >= 15 is 0 Å². The lowest BCUT2D eigenvalue weighted by atomic mass is 10.2. The Morgan fingerprint density at radius 2 is 2.21 bits per heavy atom. The molecule has 1 aromatic carbocycles. The Bertz CT molecular complexity index is 522. The van der Waals surface area contributed by atoms with Crippen molar-refractivity contribution < 1.29 is 8.81 Å². The zero-order chi connectivity index (χ0) is 13.7. The number of nitrogens with zero attached hydrogens (tertiary/aromatic N) is 1. The van der Waals surface area contributed by atoms with Crippen LogP contribution in [0.15, 0.2) is 33.3 Å². The number of hydrogen-bond donors (Lipinski definition) is 1. The van der Waals surface area contributed by atoms with E-state index in [2.05, 4.69) is 33.2 Å². The summed E-state index contributed by atoms with van der Waals surface area (Å²) in [5, 5.41) is 3.25. The molecule has 2 rings (SSSR count). The van der Waals surface area contributed by atoms with Crippen molar-refractivity contribution in [1.82, 2.24) is 10.3 Å². The molecule has 2 aromatic rings. The number of halogens is 2. The van der Waals surface area contributed by atoms with Gasteiger partial charge in [0.05, 0.1) is 6.20 Å². The third-order valence-corrected chi connectivity index (χ3v) is 3.15. The van der Waals surface area contributed by atoms with Crippen LogP contribution in [0.5, 0.6) is 0 Å². The molecule has 19 heavy (non-hydrogen) atoms. The van der Waals surface area contributed by atoms with Gasteiger partial charge in [-0.1, -0.05) is 22.9 Å². The van der Waals surface area contributed by atoms with Crippen LogP contribution in [-0.4, -0.2) is 18.1 Å². The van der Waals surface area contributed by atoms with Gasteiger partial charge in [0.2, 0.25) is 0 Å². The van der Waals surface area contributed by atoms with E-state index in [-0.39, 0.29) is 5.82 Å². The average Bonchev–Trinajstić information content (AvgIpc) is 2.82. The summed E-state index contributed by atoms with van der Waals surface area (Å²) >= 11 is 3.27. The zero-order valence-electron chi connectivity index (χ0n) is 10.7. The summed E-state index contributed by atoms with van der Waals surface area (Å²) in [4.78, 5) is 4.22. The number of oxazole rings is 1. The van der Waals surface area contributed by atoms with Crippen molar-refractivity contribution >= 4 is 15.9 Å². The largest absolute Gasteiger partial charge is 0.441 e. The predicted octanol–water partition coefficient (Wildman–Crippen LogP) is 3.79. The van der Waals surface area contributed by atoms with Crippen molar-refractivity contribution in [2.24, 2.45) is 0 Å². The second kappa shape index (κ2) is 6.82. The van der Waals surface area contributed by atoms with Gasteiger partial charge in [0.15, 0.2) is 11.7 Å². The lowest BCUT2D eigenvalue weighted by Crippen LogP contribution is -2.14. The van der Waals surface area contributed by atoms with E-state index in [9.17, 15) is 4.39 Å². The second-order valence-electron chi connectivity index (χ2n) is 4.23. The summed E-state index contributed by atoms with van der Waals surface area (Å²) in [6, 6.07) is 4.66. The first-order chi connectivity index (χ1) is 9.19. The number of aromatic nitrogens is 1. The molecule has 0 aliphatic heterocycles. The van der Waals surface area contributed by atoms with E-state index in [0.29, 0.717) is 21.7 Å². The Labute approximate surface area is 120 Å². The van der Waals surface area contributed by atoms with Gasteiger partial charge in [0.25, 0.3) is 0 Å². The number of hydrogen-bond acceptors (Lipinski definition) is 3. The summed E-state index contributed by atoms with van der Waals surface area (Å²) in [6.07, 6.45) is 3.40. The quantitative estimate of drug-likeness (QED) is 0.821. The fourth-order valence-electron chi connectivity index (χ4n) is 1.80. The maximum absolute atomic E-state index is 13.3. The summed E-state index contributed by atoms with van der Waals surface area (Å²) in [5.74, 6) is 0.987. The van der Waals surface area contributed by atoms with Crippen molar-refractivity contribution in [3.8, 4) is 11.3 Å². The summed E-state index contributed by atoms with van der Waals surface area (Å²) < 4.78 is 19.6. The number of benzene rings is 1. The Morgan fingerprint density at radius 3 is 2.95 bits per heavy atom. The van der Waals surface area contributed by atoms with Gasteiger partial charge in [-0.2, -0.15) is 0 Å². The van der Waals surface area contributed by atoms with Gasteiger partial charge >= 0.3 is 0 Å². The van der Waals surface area contributed by atoms with Gasteiger partial charge in [-0.15, -0.1) is 0 Å². The minimum absolute atomic E-state index is 0.297. The first kappa shape index (κ1) is 14.2. The molecule has 0 atom stereocenters. The highest BCUT2D eigenvalue weighted by molar-refractivity contribution is 9.10. The second-order valence-corrected chi connectivity index (χ2v) is 5.15. The van der Waals surface area contributed by atoms with Gasteiger partial charge in [0, 0.05) is 16.5 Å². The molecule has 102 valence electrons. The van der Waals surface area contributed by atoms with Crippen molar-refractivity contribution in [3.63, 3.8) is 0 Å². The van der Waals surface area contributed by atoms with Gasteiger partial charge in [0.1, 0.15) is 5.82 Å². The van der Waals surface area contributed by atoms with Gasteiger partial charge in [-0.3, -0.25) is 0 Å². The number of nitrogens with one attached hydrogen (secondary N) is 1. The molecule has 0 fully saturated rings. The standard InChI is InChI=1S/C14H16BrFN2O/c1-2-17-5-3-4-14-18-9-13(19-14)10-6-11(15)8-12(16)7-10/h6-9,17H,2-5H2,1H3. The third kappa shape index (κ3) is 4.14. The number of aryl methyl sites for hydroxylation is 1. The maximum Gasteiger partial charge on any atom is 0.194 e. The topological polar surface area (TPSA) is 38.1 Å². The van der Waals surface area contributed by atoms with Crippen LogP contribution < -0.4 is 5.32 Å². The third-order valence-electron chi connectivity index (χ3n) is 2.69. The molecular weight excluding hydrogens is 311 g/mol. The number of rotatable bonds is 6. The van der Waals surface area contributed by atoms with Crippen LogP contribution in [0, 0.1) is 5.82 Å². The molecule has 0 saturated heterocycles. The smallest absolute Gasteiger partial charge is 0.194 e. The Kier molecular flexibility index (Phi) is 5.10. The molecule has 1 N–H and O–H groups in total. The fourth-order valence-corrected chi connectivity index (χ4v) is 2.26. The van der Waals surface area contributed by atoms with Crippen molar-refractivity contribution in [2.75, 3.05) is 13.1 Å². The van der Waals surface area contributed by atoms with Crippen LogP contribution in [0.25, 0.3) is 11.3 Å². The molecule has 0 bridgehead atoms. The molecule has 0 aliphatic carbocycles. The van der Waals surface area contributed by atoms with Crippen LogP contribution in [0.3, 0.4) is 0 Å². The monoisotopic (exact) mass is 326 g/mol. The highest BCUT2D eigenvalue weighted by atomic mass is 79.9. The van der Waals surface area contributed by atoms with Crippen molar-refractivity contribution in [2.45, 2.75) is 19.8 Å². The summed E-state index contributed by atoms with van der Waals surface area (Å²) in [5.41, 5.74) is 0.692. The van der Waals surface area contributed by atoms with E-state index in [1.165, 1.54) is 12.1 Å². The Hall–Kier alpha value is -1.20. The minimum atomic E-state index is -0.297. The molecule has 0 amide bonds. The van der Waals surface area contributed by atoms with Crippen molar-refractivity contribution in [1.29, 1.82) is 0 Å². The molecule has 5 heteroatoms. The summed E-state index contributed by atoms with van der Waals surface area (Å²) in [7, 11) is 0. The normalized spacial score (nSPS) is 10.9. The minimum Gasteiger partial charge on any atom is -0.441 e. The van der Waals surface area contributed by atoms with E-state index < -0.39 is 0 Å². The van der Waals surface area contributed by atoms with Gasteiger partial charge in [-0.25, -0.2) is 9.37 Å². The molecule has 0 aliphatic rings. The van der Waals surface area contributed by atoms with Gasteiger partial charge < -0.3 is 9.73 Å². The molecule has 0 unspecified atom stereocenters. The molecule has 1 aromatic heterocycles. The first-order valence-corrected chi connectivity index (χ1v) is 7.10. The van der Waals surface area contributed by atoms with Crippen LogP contribution in [-0.2, 0) is 6.42 Å². The zero-order valence-corrected chi connectivity index (χ0v) is 12.3. The van der Waals surface area contributed by atoms with Crippen LogP contribution >= 0.6 is 15.9 Å². The molecular formula is C14H16BrFN2O. The predicted molar refractivity (Wildman–Crippen MR) is 76.5 cm³/mol. The molecule has 3 nitrogen and oxygen atoms in total. The van der Waals surface area contributed by atoms with Crippen molar-refractivity contribution in [3.05, 3.63) is 40.6 Å². The molecule has 0 radical (unpaired) electrons. The highest BCUT2D eigenvalue weighted by Crippen LogP contribution is 2.25. The molecule has 0 spiro atoms. The van der Waals surface area contributed by atoms with E-state index in [4.69, 9.17) is 4.42 Å². The summed E-state index contributed by atoms with van der Waals surface area (Å²) in [6.45, 7) is 3.99. The first-order valence-electron chi connectivity index (χ1n) is 6.31. The lowest BCUT2D eigenvalue weighted by Gasteiger charge is -1.99. The molecule has 0 saturated carbocycles. The van der Waals surface area contributed by atoms with Crippen LogP contribution in [0.2, 0.25) is 0 Å². The SMILES string of the molecule is CCNCCCc1ncc(-c2cc(F)cc(Br)c2)o1. The molecule has 1 heterocycles. The van der Waals surface area contributed by atoms with Gasteiger partial charge in [-0.05, 0) is 37.7 Å². The highest BCUT2D eigenvalue weighted by Gasteiger charge is 2.08. The van der Waals surface area contributed by atoms with E-state index in [0.717, 1.165) is 25.9 Å². The van der Waals surface area contributed by atoms with Crippen LogP contribution in [0.4, 0.5) is 4.39 Å². The Morgan fingerprint density at radius 1 is 1.37 bits per heavy atom. The van der Waals surface area contributed by atoms with E-state index in [1.807, 2.05) is 6.07 Å². The maximum atomic E-state index is 13.3. The fraction of sp³-hybridized carbons (Fsp3) is 0.357.